The van der Waals surface area contributed by atoms with Gasteiger partial charge in [0.2, 0.25) is 0 Å². The molecular formula is C7H7ClN2O. The Hall–Kier alpha value is -1.09. The van der Waals surface area contributed by atoms with Gasteiger partial charge in [-0.1, -0.05) is 11.6 Å². The van der Waals surface area contributed by atoms with E-state index in [0.29, 0.717) is 16.4 Å². The Balaban J connectivity index is 3.23. The third-order valence-corrected chi connectivity index (χ3v) is 1.60. The van der Waals surface area contributed by atoms with Crippen molar-refractivity contribution < 1.29 is 4.79 Å². The maximum atomic E-state index is 10.4. The van der Waals surface area contributed by atoms with Crippen molar-refractivity contribution in [3.05, 3.63) is 23.0 Å². The lowest BCUT2D eigenvalue weighted by molar-refractivity contribution is 0.112. The molecule has 0 amide bonds. The van der Waals surface area contributed by atoms with E-state index in [1.807, 2.05) is 0 Å². The van der Waals surface area contributed by atoms with Crippen molar-refractivity contribution in [2.75, 3.05) is 12.4 Å². The standard InChI is InChI=1S/C7H7ClN2O/c1-9-6-5(4-11)2-3-10-7(6)8/h2-4,9H,1H3. The molecular weight excluding hydrogens is 164 g/mol. The number of aldehydes is 1. The molecule has 11 heavy (non-hydrogen) atoms. The third kappa shape index (κ3) is 1.49. The minimum atomic E-state index is 0.317. The highest BCUT2D eigenvalue weighted by Crippen LogP contribution is 2.20. The Morgan fingerprint density at radius 3 is 2.91 bits per heavy atom. The number of aromatic nitrogens is 1. The minimum absolute atomic E-state index is 0.317. The highest BCUT2D eigenvalue weighted by Gasteiger charge is 2.03. The lowest BCUT2D eigenvalue weighted by Crippen LogP contribution is -1.96. The zero-order chi connectivity index (χ0) is 8.27. The van der Waals surface area contributed by atoms with Crippen molar-refractivity contribution in [1.82, 2.24) is 4.98 Å². The molecule has 58 valence electrons. The highest BCUT2D eigenvalue weighted by molar-refractivity contribution is 6.32. The molecule has 1 aromatic heterocycles. The molecule has 0 radical (unpaired) electrons. The van der Waals surface area contributed by atoms with Gasteiger partial charge in [0.05, 0.1) is 5.69 Å². The summed E-state index contributed by atoms with van der Waals surface area (Å²) >= 11 is 5.68. The molecule has 1 rings (SSSR count). The Morgan fingerprint density at radius 2 is 2.45 bits per heavy atom. The van der Waals surface area contributed by atoms with Crippen LogP contribution in [-0.2, 0) is 0 Å². The van der Waals surface area contributed by atoms with E-state index in [4.69, 9.17) is 11.6 Å². The second-order valence-corrected chi connectivity index (χ2v) is 2.29. The minimum Gasteiger partial charge on any atom is -0.385 e. The summed E-state index contributed by atoms with van der Waals surface area (Å²) in [5.41, 5.74) is 1.09. The molecule has 0 aromatic carbocycles. The molecule has 0 unspecified atom stereocenters. The number of hydrogen-bond acceptors (Lipinski definition) is 3. The topological polar surface area (TPSA) is 42.0 Å². The summed E-state index contributed by atoms with van der Waals surface area (Å²) in [6.45, 7) is 0. The Bertz CT molecular complexity index is 275. The summed E-state index contributed by atoms with van der Waals surface area (Å²) in [6, 6.07) is 1.60. The van der Waals surface area contributed by atoms with Crippen molar-refractivity contribution in [1.29, 1.82) is 0 Å². The predicted molar refractivity (Wildman–Crippen MR) is 44.2 cm³/mol. The molecule has 0 saturated heterocycles. The van der Waals surface area contributed by atoms with Gasteiger partial charge in [-0.3, -0.25) is 4.79 Å². The smallest absolute Gasteiger partial charge is 0.152 e. The molecule has 0 aliphatic heterocycles. The first-order chi connectivity index (χ1) is 5.29. The van der Waals surface area contributed by atoms with Gasteiger partial charge in [0.1, 0.15) is 0 Å². The van der Waals surface area contributed by atoms with Crippen molar-refractivity contribution >= 4 is 23.6 Å². The molecule has 1 N–H and O–H groups in total. The van der Waals surface area contributed by atoms with Gasteiger partial charge in [-0.2, -0.15) is 0 Å². The van der Waals surface area contributed by atoms with Crippen molar-refractivity contribution in [3.8, 4) is 0 Å². The monoisotopic (exact) mass is 170 g/mol. The number of nitrogens with zero attached hydrogens (tertiary/aromatic N) is 1. The van der Waals surface area contributed by atoms with Crippen molar-refractivity contribution in [3.63, 3.8) is 0 Å². The number of carbonyl (C=O) groups is 1. The first-order valence-corrected chi connectivity index (χ1v) is 3.45. The van der Waals surface area contributed by atoms with Gasteiger partial charge in [0.15, 0.2) is 11.4 Å². The molecule has 0 aliphatic rings. The number of pyridine rings is 1. The van der Waals surface area contributed by atoms with Crippen molar-refractivity contribution in [2.45, 2.75) is 0 Å². The largest absolute Gasteiger partial charge is 0.385 e. The zero-order valence-corrected chi connectivity index (χ0v) is 6.72. The van der Waals surface area contributed by atoms with E-state index in [0.717, 1.165) is 6.29 Å². The second-order valence-electron chi connectivity index (χ2n) is 1.93. The van der Waals surface area contributed by atoms with Crippen LogP contribution in [0.1, 0.15) is 10.4 Å². The molecule has 0 spiro atoms. The third-order valence-electron chi connectivity index (χ3n) is 1.31. The number of anilines is 1. The van der Waals surface area contributed by atoms with E-state index in [9.17, 15) is 4.79 Å². The fraction of sp³-hybridized carbons (Fsp3) is 0.143. The SMILES string of the molecule is CNc1c(C=O)ccnc1Cl. The normalized spacial score (nSPS) is 9.27. The lowest BCUT2D eigenvalue weighted by atomic mass is 10.2. The first-order valence-electron chi connectivity index (χ1n) is 3.07. The molecule has 0 saturated carbocycles. The Morgan fingerprint density at radius 1 is 1.73 bits per heavy atom. The molecule has 0 bridgehead atoms. The van der Waals surface area contributed by atoms with Crippen LogP contribution in [0.5, 0.6) is 0 Å². The number of halogens is 1. The highest BCUT2D eigenvalue weighted by atomic mass is 35.5. The van der Waals surface area contributed by atoms with Crippen LogP contribution in [0.15, 0.2) is 12.3 Å². The molecule has 4 heteroatoms. The summed E-state index contributed by atoms with van der Waals surface area (Å²) in [5, 5.41) is 3.11. The predicted octanol–water partition coefficient (Wildman–Crippen LogP) is 1.59. The van der Waals surface area contributed by atoms with Gasteiger partial charge in [-0.05, 0) is 6.07 Å². The van der Waals surface area contributed by atoms with Crippen LogP contribution in [0.4, 0.5) is 5.69 Å². The van der Waals surface area contributed by atoms with E-state index in [-0.39, 0.29) is 0 Å². The fourth-order valence-electron chi connectivity index (χ4n) is 0.796. The molecule has 0 atom stereocenters. The van der Waals surface area contributed by atoms with Gasteiger partial charge in [-0.25, -0.2) is 4.98 Å². The number of carbonyl (C=O) groups excluding carboxylic acids is 1. The van der Waals surface area contributed by atoms with Crippen LogP contribution < -0.4 is 5.32 Å². The van der Waals surface area contributed by atoms with Gasteiger partial charge < -0.3 is 5.32 Å². The van der Waals surface area contributed by atoms with Gasteiger partial charge in [-0.15, -0.1) is 0 Å². The maximum Gasteiger partial charge on any atom is 0.152 e. The van der Waals surface area contributed by atoms with Gasteiger partial charge in [0.25, 0.3) is 0 Å². The second kappa shape index (κ2) is 3.34. The van der Waals surface area contributed by atoms with E-state index < -0.39 is 0 Å². The lowest BCUT2D eigenvalue weighted by Gasteiger charge is -2.03. The summed E-state index contributed by atoms with van der Waals surface area (Å²) in [5.74, 6) is 0. The average Bonchev–Trinajstić information content (AvgIpc) is 2.04. The molecule has 0 aliphatic carbocycles. The first kappa shape index (κ1) is 8.01. The van der Waals surface area contributed by atoms with Crippen LogP contribution in [-0.4, -0.2) is 18.3 Å². The number of hydrogen-bond donors (Lipinski definition) is 1. The van der Waals surface area contributed by atoms with Gasteiger partial charge >= 0.3 is 0 Å². The molecule has 1 aromatic rings. The Kier molecular flexibility index (Phi) is 2.44. The summed E-state index contributed by atoms with van der Waals surface area (Å²) < 4.78 is 0. The maximum absolute atomic E-state index is 10.4. The van der Waals surface area contributed by atoms with Gasteiger partial charge in [0, 0.05) is 18.8 Å². The Labute approximate surface area is 69.4 Å². The molecule has 3 nitrogen and oxygen atoms in total. The van der Waals surface area contributed by atoms with Crippen molar-refractivity contribution in [2.24, 2.45) is 0 Å². The zero-order valence-electron chi connectivity index (χ0n) is 5.97. The average molecular weight is 171 g/mol. The van der Waals surface area contributed by atoms with E-state index >= 15 is 0 Å². The number of nitrogens with one attached hydrogen (secondary N) is 1. The van der Waals surface area contributed by atoms with Crippen LogP contribution in [0.25, 0.3) is 0 Å². The van der Waals surface area contributed by atoms with E-state index in [1.54, 1.807) is 13.1 Å². The quantitative estimate of drug-likeness (QED) is 0.542. The fourth-order valence-corrected chi connectivity index (χ4v) is 1.06. The summed E-state index contributed by atoms with van der Waals surface area (Å²) in [4.78, 5) is 14.2. The number of rotatable bonds is 2. The van der Waals surface area contributed by atoms with Crippen LogP contribution in [0.2, 0.25) is 5.15 Å². The van der Waals surface area contributed by atoms with Crippen LogP contribution in [0.3, 0.4) is 0 Å². The summed E-state index contributed by atoms with van der Waals surface area (Å²) in [6.07, 6.45) is 2.23. The summed E-state index contributed by atoms with van der Waals surface area (Å²) in [7, 11) is 1.69. The van der Waals surface area contributed by atoms with Crippen LogP contribution in [0, 0.1) is 0 Å². The molecule has 0 fully saturated rings. The molecule has 1 heterocycles. The van der Waals surface area contributed by atoms with E-state index in [1.165, 1.54) is 6.20 Å². The van der Waals surface area contributed by atoms with Crippen LogP contribution >= 0.6 is 11.6 Å². The van der Waals surface area contributed by atoms with E-state index in [2.05, 4.69) is 10.3 Å².